The fourth-order valence-electron chi connectivity index (χ4n) is 5.64. The van der Waals surface area contributed by atoms with Crippen LogP contribution in [0.4, 0.5) is 4.79 Å². The molecule has 3 atom stereocenters. The number of carbonyl (C=O) groups excluding carboxylic acids is 2. The SMILES string of the molecule is O=C(N[C@H]1CCCCC[C@H]1C(=O)N1CSC[C@H]1C(=O)O)OCC1c2ccccc2-c2ccccc21. The zero-order valence-electron chi connectivity index (χ0n) is 19.5. The Morgan fingerprint density at radius 1 is 0.971 bits per heavy atom. The predicted octanol–water partition coefficient (Wildman–Crippen LogP) is 4.46. The minimum atomic E-state index is -0.974. The zero-order valence-corrected chi connectivity index (χ0v) is 20.3. The van der Waals surface area contributed by atoms with Gasteiger partial charge in [0, 0.05) is 17.7 Å². The van der Waals surface area contributed by atoms with Gasteiger partial charge in [0.2, 0.25) is 5.91 Å². The van der Waals surface area contributed by atoms with Crippen LogP contribution in [0.15, 0.2) is 48.5 Å². The quantitative estimate of drug-likeness (QED) is 0.596. The summed E-state index contributed by atoms with van der Waals surface area (Å²) in [7, 11) is 0. The van der Waals surface area contributed by atoms with Crippen molar-refractivity contribution in [3.8, 4) is 11.1 Å². The lowest BCUT2D eigenvalue weighted by molar-refractivity contribution is -0.150. The maximum atomic E-state index is 13.4. The number of hydrogen-bond donors (Lipinski definition) is 2. The molecule has 0 spiro atoms. The topological polar surface area (TPSA) is 95.9 Å². The summed E-state index contributed by atoms with van der Waals surface area (Å²) in [5.74, 6) is -0.829. The van der Waals surface area contributed by atoms with Crippen LogP contribution in [-0.4, -0.2) is 58.3 Å². The van der Waals surface area contributed by atoms with Crippen LogP contribution in [0.5, 0.6) is 0 Å². The van der Waals surface area contributed by atoms with Gasteiger partial charge in [0.05, 0.1) is 11.8 Å². The highest BCUT2D eigenvalue weighted by Gasteiger charge is 2.41. The minimum absolute atomic E-state index is 0.0299. The Morgan fingerprint density at radius 3 is 2.31 bits per heavy atom. The number of ether oxygens (including phenoxy) is 1. The molecule has 2 fully saturated rings. The molecule has 1 saturated heterocycles. The molecule has 1 heterocycles. The fraction of sp³-hybridized carbons (Fsp3) is 0.444. The van der Waals surface area contributed by atoms with Gasteiger partial charge in [-0.3, -0.25) is 4.79 Å². The maximum Gasteiger partial charge on any atom is 0.407 e. The molecule has 5 rings (SSSR count). The van der Waals surface area contributed by atoms with Crippen molar-refractivity contribution in [1.29, 1.82) is 0 Å². The molecule has 2 aliphatic carbocycles. The third-order valence-corrected chi connectivity index (χ3v) is 8.44. The van der Waals surface area contributed by atoms with Gasteiger partial charge >= 0.3 is 12.1 Å². The van der Waals surface area contributed by atoms with Crippen LogP contribution in [0.1, 0.15) is 49.1 Å². The van der Waals surface area contributed by atoms with Gasteiger partial charge in [0.15, 0.2) is 0 Å². The summed E-state index contributed by atoms with van der Waals surface area (Å²) in [5, 5.41) is 12.5. The highest BCUT2D eigenvalue weighted by atomic mass is 32.2. The lowest BCUT2D eigenvalue weighted by Crippen LogP contribution is -2.51. The molecule has 0 radical (unpaired) electrons. The number of hydrogen-bond acceptors (Lipinski definition) is 5. The minimum Gasteiger partial charge on any atom is -0.480 e. The number of fused-ring (bicyclic) bond motifs is 3. The Morgan fingerprint density at radius 2 is 1.63 bits per heavy atom. The first-order valence-electron chi connectivity index (χ1n) is 12.3. The summed E-state index contributed by atoms with van der Waals surface area (Å²) in [5.41, 5.74) is 4.64. The number of carboxylic acid groups (broad SMARTS) is 1. The number of thioether (sulfide) groups is 1. The Hall–Kier alpha value is -3.00. The van der Waals surface area contributed by atoms with E-state index in [4.69, 9.17) is 4.74 Å². The maximum absolute atomic E-state index is 13.4. The second-order valence-electron chi connectivity index (χ2n) is 9.48. The van der Waals surface area contributed by atoms with Crippen molar-refractivity contribution in [1.82, 2.24) is 10.2 Å². The van der Waals surface area contributed by atoms with Crippen molar-refractivity contribution in [2.75, 3.05) is 18.2 Å². The molecule has 7 nitrogen and oxygen atoms in total. The van der Waals surface area contributed by atoms with Crippen LogP contribution < -0.4 is 5.32 Å². The van der Waals surface area contributed by atoms with E-state index >= 15 is 0 Å². The van der Waals surface area contributed by atoms with Gasteiger partial charge in [0.25, 0.3) is 0 Å². The molecular weight excluding hydrogens is 464 g/mol. The van der Waals surface area contributed by atoms with Crippen LogP contribution >= 0.6 is 11.8 Å². The predicted molar refractivity (Wildman–Crippen MR) is 134 cm³/mol. The molecule has 0 unspecified atom stereocenters. The summed E-state index contributed by atoms with van der Waals surface area (Å²) in [6.07, 6.45) is 3.58. The molecule has 3 aliphatic rings. The standard InChI is InChI=1S/C27H30N2O5S/c30-25(29-16-35-15-24(29)26(31)32)21-12-2-1-3-13-23(21)28-27(33)34-14-22-19-10-6-4-8-17(19)18-9-5-7-11-20(18)22/h4-11,21-24H,1-3,12-16H2,(H,28,33)(H,31,32)/t21-,23+,24+/m1/s1. The number of nitrogens with one attached hydrogen (secondary N) is 1. The summed E-state index contributed by atoms with van der Waals surface area (Å²) in [6, 6.07) is 15.2. The van der Waals surface area contributed by atoms with E-state index in [1.165, 1.54) is 27.8 Å². The van der Waals surface area contributed by atoms with Crippen molar-refractivity contribution >= 4 is 29.7 Å². The number of carbonyl (C=O) groups is 3. The van der Waals surface area contributed by atoms with Gasteiger partial charge in [-0.15, -0.1) is 11.8 Å². The van der Waals surface area contributed by atoms with Gasteiger partial charge in [0.1, 0.15) is 12.6 Å². The van der Waals surface area contributed by atoms with Crippen molar-refractivity contribution in [3.63, 3.8) is 0 Å². The molecule has 1 saturated carbocycles. The highest BCUT2D eigenvalue weighted by molar-refractivity contribution is 7.99. The van der Waals surface area contributed by atoms with Gasteiger partial charge < -0.3 is 20.1 Å². The van der Waals surface area contributed by atoms with E-state index in [0.717, 1.165) is 30.4 Å². The first-order valence-corrected chi connectivity index (χ1v) is 13.4. The molecular formula is C27H30N2O5S. The molecule has 2 amide bonds. The van der Waals surface area contributed by atoms with Crippen molar-refractivity contribution in [2.24, 2.45) is 5.92 Å². The third kappa shape index (κ3) is 4.76. The number of amides is 2. The van der Waals surface area contributed by atoms with Crippen LogP contribution in [-0.2, 0) is 14.3 Å². The fourth-order valence-corrected chi connectivity index (χ4v) is 6.80. The first kappa shape index (κ1) is 23.7. The highest BCUT2D eigenvalue weighted by Crippen LogP contribution is 2.44. The van der Waals surface area contributed by atoms with Gasteiger partial charge in [-0.25, -0.2) is 9.59 Å². The Balaban J connectivity index is 1.26. The first-order chi connectivity index (χ1) is 17.0. The van der Waals surface area contributed by atoms with E-state index in [-0.39, 0.29) is 24.5 Å². The van der Waals surface area contributed by atoms with E-state index in [9.17, 15) is 19.5 Å². The molecule has 2 N–H and O–H groups in total. The number of alkyl carbamates (subject to hydrolysis) is 1. The Kier molecular flexibility index (Phi) is 7.00. The van der Waals surface area contributed by atoms with E-state index in [1.807, 2.05) is 24.3 Å². The molecule has 2 aromatic carbocycles. The number of nitrogens with zero attached hydrogens (tertiary/aromatic N) is 1. The zero-order chi connectivity index (χ0) is 24.4. The van der Waals surface area contributed by atoms with Crippen LogP contribution in [0.3, 0.4) is 0 Å². The molecule has 184 valence electrons. The van der Waals surface area contributed by atoms with Crippen molar-refractivity contribution < 1.29 is 24.2 Å². The Labute approximate surface area is 209 Å². The van der Waals surface area contributed by atoms with Crippen LogP contribution in [0.25, 0.3) is 11.1 Å². The average molecular weight is 495 g/mol. The second-order valence-corrected chi connectivity index (χ2v) is 10.5. The van der Waals surface area contributed by atoms with Crippen LogP contribution in [0, 0.1) is 5.92 Å². The second kappa shape index (κ2) is 10.3. The normalized spacial score (nSPS) is 23.8. The number of rotatable bonds is 5. The van der Waals surface area contributed by atoms with Crippen LogP contribution in [0.2, 0.25) is 0 Å². The lowest BCUT2D eigenvalue weighted by atomic mass is 9.93. The molecule has 0 aromatic heterocycles. The molecule has 35 heavy (non-hydrogen) atoms. The summed E-state index contributed by atoms with van der Waals surface area (Å²) in [4.78, 5) is 39.4. The third-order valence-electron chi connectivity index (χ3n) is 7.43. The number of carboxylic acids is 1. The van der Waals surface area contributed by atoms with E-state index in [1.54, 1.807) is 0 Å². The molecule has 1 aliphatic heterocycles. The summed E-state index contributed by atoms with van der Waals surface area (Å²) < 4.78 is 5.72. The number of aliphatic carboxylic acids is 1. The largest absolute Gasteiger partial charge is 0.480 e. The van der Waals surface area contributed by atoms with Crippen molar-refractivity contribution in [3.05, 3.63) is 59.7 Å². The van der Waals surface area contributed by atoms with Gasteiger partial charge in [-0.1, -0.05) is 67.8 Å². The van der Waals surface area contributed by atoms with E-state index in [0.29, 0.717) is 24.5 Å². The summed E-state index contributed by atoms with van der Waals surface area (Å²) in [6.45, 7) is 0.217. The molecule has 2 aromatic rings. The Bertz CT molecular complexity index is 1080. The lowest BCUT2D eigenvalue weighted by Gasteiger charge is -2.30. The summed E-state index contributed by atoms with van der Waals surface area (Å²) >= 11 is 1.45. The number of benzene rings is 2. The smallest absolute Gasteiger partial charge is 0.407 e. The van der Waals surface area contributed by atoms with E-state index < -0.39 is 24.0 Å². The van der Waals surface area contributed by atoms with Gasteiger partial charge in [-0.05, 0) is 35.1 Å². The van der Waals surface area contributed by atoms with E-state index in [2.05, 4.69) is 29.6 Å². The van der Waals surface area contributed by atoms with Crippen molar-refractivity contribution in [2.45, 2.75) is 50.1 Å². The monoisotopic (exact) mass is 494 g/mol. The molecule has 8 heteroatoms. The van der Waals surface area contributed by atoms with Gasteiger partial charge in [-0.2, -0.15) is 0 Å². The average Bonchev–Trinajstić information content (AvgIpc) is 3.40. The molecule has 0 bridgehead atoms.